The standard InChI is InChI=1S/C23H21N5O3/c1-30-20-10-6-5-9-18(20)21-25-22(27-11-12-31-15-17(27)14-29)19-13-24-28(23(19)26-21)16-7-3-2-4-8-16/h2-10,13-14,17H,11-12,15H2,1H3. The minimum Gasteiger partial charge on any atom is -0.496 e. The van der Waals surface area contributed by atoms with Crippen LogP contribution in [0.5, 0.6) is 5.75 Å². The highest BCUT2D eigenvalue weighted by Crippen LogP contribution is 2.33. The molecule has 156 valence electrons. The van der Waals surface area contributed by atoms with Crippen LogP contribution in [0.2, 0.25) is 0 Å². The number of nitrogens with zero attached hydrogens (tertiary/aromatic N) is 5. The van der Waals surface area contributed by atoms with Gasteiger partial charge in [-0.25, -0.2) is 14.6 Å². The summed E-state index contributed by atoms with van der Waals surface area (Å²) >= 11 is 0. The molecule has 0 amide bonds. The zero-order valence-corrected chi connectivity index (χ0v) is 17.0. The van der Waals surface area contributed by atoms with Gasteiger partial charge in [-0.05, 0) is 24.3 Å². The molecule has 2 aromatic heterocycles. The van der Waals surface area contributed by atoms with Crippen molar-refractivity contribution in [1.82, 2.24) is 19.7 Å². The van der Waals surface area contributed by atoms with Gasteiger partial charge in [0.25, 0.3) is 0 Å². The number of benzene rings is 2. The largest absolute Gasteiger partial charge is 0.496 e. The number of hydrogen-bond donors (Lipinski definition) is 0. The van der Waals surface area contributed by atoms with Gasteiger partial charge in [-0.1, -0.05) is 30.3 Å². The third-order valence-electron chi connectivity index (χ3n) is 5.35. The van der Waals surface area contributed by atoms with Gasteiger partial charge in [0.2, 0.25) is 0 Å². The monoisotopic (exact) mass is 415 g/mol. The summed E-state index contributed by atoms with van der Waals surface area (Å²) in [5.74, 6) is 1.84. The van der Waals surface area contributed by atoms with E-state index in [0.29, 0.717) is 42.8 Å². The summed E-state index contributed by atoms with van der Waals surface area (Å²) in [6, 6.07) is 17.0. The van der Waals surface area contributed by atoms with Crippen LogP contribution in [0.25, 0.3) is 28.1 Å². The molecule has 2 aromatic carbocycles. The lowest BCUT2D eigenvalue weighted by Crippen LogP contribution is -2.47. The van der Waals surface area contributed by atoms with Crippen molar-refractivity contribution >= 4 is 23.1 Å². The van der Waals surface area contributed by atoms with Crippen LogP contribution < -0.4 is 9.64 Å². The number of carbonyl (C=O) groups is 1. The number of anilines is 1. The third-order valence-corrected chi connectivity index (χ3v) is 5.35. The smallest absolute Gasteiger partial charge is 0.169 e. The van der Waals surface area contributed by atoms with Gasteiger partial charge in [0.15, 0.2) is 11.5 Å². The van der Waals surface area contributed by atoms with Crippen LogP contribution in [-0.2, 0) is 9.53 Å². The van der Waals surface area contributed by atoms with Gasteiger partial charge < -0.3 is 19.2 Å². The van der Waals surface area contributed by atoms with Gasteiger partial charge >= 0.3 is 0 Å². The Morgan fingerprint density at radius 3 is 2.71 bits per heavy atom. The van der Waals surface area contributed by atoms with E-state index in [1.807, 2.05) is 59.5 Å². The Hall–Kier alpha value is -3.78. The molecule has 8 nitrogen and oxygen atoms in total. The van der Waals surface area contributed by atoms with E-state index in [0.717, 1.165) is 22.9 Å². The SMILES string of the molecule is COc1ccccc1-c1nc(N2CCOCC2C=O)c2cnn(-c3ccccc3)c2n1. The maximum atomic E-state index is 11.8. The fourth-order valence-corrected chi connectivity index (χ4v) is 3.82. The summed E-state index contributed by atoms with van der Waals surface area (Å²) in [5.41, 5.74) is 2.32. The first-order chi connectivity index (χ1) is 15.3. The molecule has 8 heteroatoms. The highest BCUT2D eigenvalue weighted by molar-refractivity contribution is 5.91. The molecule has 0 saturated carbocycles. The molecule has 0 N–H and O–H groups in total. The van der Waals surface area contributed by atoms with Crippen molar-refractivity contribution in [2.24, 2.45) is 0 Å². The zero-order chi connectivity index (χ0) is 21.2. The van der Waals surface area contributed by atoms with Crippen LogP contribution >= 0.6 is 0 Å². The number of para-hydroxylation sites is 2. The van der Waals surface area contributed by atoms with E-state index in [2.05, 4.69) is 5.10 Å². The molecule has 0 radical (unpaired) electrons. The van der Waals surface area contributed by atoms with E-state index in [9.17, 15) is 4.79 Å². The fraction of sp³-hybridized carbons (Fsp3) is 0.217. The summed E-state index contributed by atoms with van der Waals surface area (Å²) < 4.78 is 12.8. The molecule has 1 aliphatic rings. The van der Waals surface area contributed by atoms with Crippen LogP contribution in [-0.4, -0.2) is 58.9 Å². The summed E-state index contributed by atoms with van der Waals surface area (Å²) in [6.07, 6.45) is 2.65. The van der Waals surface area contributed by atoms with E-state index in [1.54, 1.807) is 18.0 Å². The van der Waals surface area contributed by atoms with Crippen molar-refractivity contribution in [2.75, 3.05) is 31.8 Å². The first kappa shape index (κ1) is 19.2. The van der Waals surface area contributed by atoms with E-state index < -0.39 is 6.04 Å². The second-order valence-electron chi connectivity index (χ2n) is 7.17. The van der Waals surface area contributed by atoms with Crippen molar-refractivity contribution in [2.45, 2.75) is 6.04 Å². The lowest BCUT2D eigenvalue weighted by molar-refractivity contribution is -0.111. The minimum absolute atomic E-state index is 0.325. The second-order valence-corrected chi connectivity index (χ2v) is 7.17. The first-order valence-corrected chi connectivity index (χ1v) is 10.0. The third kappa shape index (κ3) is 3.40. The average molecular weight is 415 g/mol. The van der Waals surface area contributed by atoms with Crippen molar-refractivity contribution < 1.29 is 14.3 Å². The Morgan fingerprint density at radius 2 is 1.90 bits per heavy atom. The number of hydrogen-bond acceptors (Lipinski definition) is 7. The normalized spacial score (nSPS) is 16.4. The zero-order valence-electron chi connectivity index (χ0n) is 17.0. The van der Waals surface area contributed by atoms with Crippen LogP contribution in [0, 0.1) is 0 Å². The first-order valence-electron chi connectivity index (χ1n) is 10.0. The molecular formula is C23H21N5O3. The number of fused-ring (bicyclic) bond motifs is 1. The van der Waals surface area contributed by atoms with Crippen LogP contribution in [0.15, 0.2) is 60.8 Å². The molecule has 0 aliphatic carbocycles. The number of aldehydes is 1. The van der Waals surface area contributed by atoms with E-state index in [1.165, 1.54) is 0 Å². The Bertz CT molecular complexity index is 1220. The highest BCUT2D eigenvalue weighted by Gasteiger charge is 2.28. The quantitative estimate of drug-likeness (QED) is 0.464. The van der Waals surface area contributed by atoms with Gasteiger partial charge in [-0.2, -0.15) is 5.10 Å². The summed E-state index contributed by atoms with van der Waals surface area (Å²) in [5, 5.41) is 5.36. The lowest BCUT2D eigenvalue weighted by Gasteiger charge is -2.33. The second kappa shape index (κ2) is 8.16. The van der Waals surface area contributed by atoms with Gasteiger partial charge in [0.05, 0.1) is 43.2 Å². The molecule has 1 aliphatic heterocycles. The Balaban J connectivity index is 1.77. The summed E-state index contributed by atoms with van der Waals surface area (Å²) in [6.45, 7) is 1.40. The molecule has 1 atom stereocenters. The van der Waals surface area contributed by atoms with Gasteiger partial charge in [-0.15, -0.1) is 0 Å². The van der Waals surface area contributed by atoms with Gasteiger partial charge in [0.1, 0.15) is 23.9 Å². The van der Waals surface area contributed by atoms with Gasteiger partial charge in [0, 0.05) is 6.54 Å². The van der Waals surface area contributed by atoms with Crippen LogP contribution in [0.3, 0.4) is 0 Å². The number of morpholine rings is 1. The van der Waals surface area contributed by atoms with E-state index in [-0.39, 0.29) is 0 Å². The maximum Gasteiger partial charge on any atom is 0.169 e. The average Bonchev–Trinajstić information content (AvgIpc) is 3.28. The van der Waals surface area contributed by atoms with Crippen molar-refractivity contribution in [1.29, 1.82) is 0 Å². The van der Waals surface area contributed by atoms with E-state index >= 15 is 0 Å². The molecular weight excluding hydrogens is 394 g/mol. The summed E-state index contributed by atoms with van der Waals surface area (Å²) in [7, 11) is 1.62. The lowest BCUT2D eigenvalue weighted by atomic mass is 10.1. The maximum absolute atomic E-state index is 11.8. The van der Waals surface area contributed by atoms with Crippen molar-refractivity contribution in [3.63, 3.8) is 0 Å². The Labute approximate surface area is 179 Å². The molecule has 3 heterocycles. The summed E-state index contributed by atoms with van der Waals surface area (Å²) in [4.78, 5) is 23.5. The molecule has 4 aromatic rings. The van der Waals surface area contributed by atoms with E-state index in [4.69, 9.17) is 19.4 Å². The molecule has 5 rings (SSSR count). The van der Waals surface area contributed by atoms with Crippen LogP contribution in [0.1, 0.15) is 0 Å². The van der Waals surface area contributed by atoms with Crippen molar-refractivity contribution in [3.05, 3.63) is 60.8 Å². The van der Waals surface area contributed by atoms with Crippen LogP contribution in [0.4, 0.5) is 5.82 Å². The topological polar surface area (TPSA) is 82.4 Å². The number of methoxy groups -OCH3 is 1. The predicted octanol–water partition coefficient (Wildman–Crippen LogP) is 2.90. The van der Waals surface area contributed by atoms with Crippen molar-refractivity contribution in [3.8, 4) is 22.8 Å². The van der Waals surface area contributed by atoms with Gasteiger partial charge in [-0.3, -0.25) is 0 Å². The Morgan fingerprint density at radius 1 is 1.10 bits per heavy atom. The number of carbonyl (C=O) groups excluding carboxylic acids is 1. The molecule has 0 bridgehead atoms. The molecule has 31 heavy (non-hydrogen) atoms. The number of ether oxygens (including phenoxy) is 2. The molecule has 0 spiro atoms. The number of aromatic nitrogens is 4. The molecule has 1 saturated heterocycles. The minimum atomic E-state index is -0.419. The number of rotatable bonds is 5. The molecule has 1 fully saturated rings. The molecule has 1 unspecified atom stereocenters. The fourth-order valence-electron chi connectivity index (χ4n) is 3.82. The Kier molecular flexibility index (Phi) is 5.05. The predicted molar refractivity (Wildman–Crippen MR) is 117 cm³/mol. The highest BCUT2D eigenvalue weighted by atomic mass is 16.5.